The lowest BCUT2D eigenvalue weighted by molar-refractivity contribution is -0.128. The molecule has 2 N–H and O–H groups in total. The smallest absolute Gasteiger partial charge is 0.291 e. The van der Waals surface area contributed by atoms with Crippen LogP contribution in [0.15, 0.2) is 99.4 Å². The van der Waals surface area contributed by atoms with Crippen LogP contribution >= 0.6 is 11.6 Å². The Balaban J connectivity index is 1.21. The first kappa shape index (κ1) is 33.2. The van der Waals surface area contributed by atoms with E-state index in [9.17, 15) is 22.8 Å². The van der Waals surface area contributed by atoms with Crippen molar-refractivity contribution in [2.75, 3.05) is 17.5 Å². The summed E-state index contributed by atoms with van der Waals surface area (Å²) in [7, 11) is -3.54. The molecule has 6 rings (SSSR count). The highest BCUT2D eigenvalue weighted by Gasteiger charge is 2.25. The van der Waals surface area contributed by atoms with Crippen molar-refractivity contribution >= 4 is 56.2 Å². The molecule has 48 heavy (non-hydrogen) atoms. The van der Waals surface area contributed by atoms with Crippen LogP contribution in [-0.4, -0.2) is 37.9 Å². The van der Waals surface area contributed by atoms with Gasteiger partial charge in [0.1, 0.15) is 5.58 Å². The molecule has 1 aromatic heterocycles. The number of carbonyl (C=O) groups is 2. The van der Waals surface area contributed by atoms with Gasteiger partial charge in [-0.1, -0.05) is 53.6 Å². The summed E-state index contributed by atoms with van der Waals surface area (Å²) in [5.74, 6) is -0.175. The molecule has 9 nitrogen and oxygen atoms in total. The molecule has 1 aliphatic carbocycles. The summed E-state index contributed by atoms with van der Waals surface area (Å²) in [4.78, 5) is 40.7. The highest BCUT2D eigenvalue weighted by Crippen LogP contribution is 2.38. The van der Waals surface area contributed by atoms with Gasteiger partial charge in [-0.3, -0.25) is 19.1 Å². The number of hydrogen-bond acceptors (Lipinski definition) is 6. The lowest BCUT2D eigenvalue weighted by atomic mass is 9.79. The molecule has 4 aromatic rings. The van der Waals surface area contributed by atoms with E-state index >= 15 is 0 Å². The summed E-state index contributed by atoms with van der Waals surface area (Å²) in [5, 5.41) is 3.66. The average Bonchev–Trinajstić information content (AvgIpc) is 3.46. The first-order chi connectivity index (χ1) is 23.0. The van der Waals surface area contributed by atoms with Crippen LogP contribution in [-0.2, 0) is 21.4 Å². The lowest BCUT2D eigenvalue weighted by Gasteiger charge is -2.28. The van der Waals surface area contributed by atoms with Gasteiger partial charge >= 0.3 is 0 Å². The first-order valence-corrected chi connectivity index (χ1v) is 18.2. The molecule has 0 atom stereocenters. The number of fused-ring (bicyclic) bond motifs is 1. The van der Waals surface area contributed by atoms with Crippen molar-refractivity contribution in [3.8, 4) is 0 Å². The topological polar surface area (TPSA) is 126 Å². The van der Waals surface area contributed by atoms with Crippen LogP contribution in [0.5, 0.6) is 0 Å². The molecule has 3 aromatic carbocycles. The summed E-state index contributed by atoms with van der Waals surface area (Å²) in [5.41, 5.74) is 4.95. The molecule has 2 fully saturated rings. The second kappa shape index (κ2) is 14.2. The fourth-order valence-corrected chi connectivity index (χ4v) is 7.09. The van der Waals surface area contributed by atoms with Crippen LogP contribution in [0, 0.1) is 0 Å². The van der Waals surface area contributed by atoms with Crippen molar-refractivity contribution < 1.29 is 22.4 Å². The summed E-state index contributed by atoms with van der Waals surface area (Å²) in [6.45, 7) is 1.46. The Morgan fingerprint density at radius 3 is 2.46 bits per heavy atom. The van der Waals surface area contributed by atoms with E-state index in [4.69, 9.17) is 16.0 Å². The SMILES string of the molecule is CS(=O)(=O)Nc1ccc2oc(C(=O)N/C(C=C3CCC(c4ccccc4CN4CCCC4=O)CC3)=C\c3ccc(Cl)cc3)cc(=O)c2c1. The standard InChI is InChI=1S/C37H36ClN3O6S/c1-48(45,46)40-29-16-17-34-32(21-29)33(42)22-35(47-34)37(44)39-30(20-25-10-14-28(38)15-11-25)19-24-8-12-26(13-9-24)31-6-3-2-5-27(31)23-41-18-4-7-36(41)43/h2-3,5-6,10-11,14-17,19-22,26,40H,4,7-9,12-13,18,23H2,1H3,(H,39,44)/b24-19?,30-20-. The number of halogens is 1. The largest absolute Gasteiger partial charge is 0.451 e. The molecule has 2 amide bonds. The third kappa shape index (κ3) is 8.24. The monoisotopic (exact) mass is 685 g/mol. The van der Waals surface area contributed by atoms with Gasteiger partial charge in [-0.15, -0.1) is 0 Å². The zero-order valence-electron chi connectivity index (χ0n) is 26.5. The molecule has 2 heterocycles. The third-order valence-electron chi connectivity index (χ3n) is 8.72. The van der Waals surface area contributed by atoms with E-state index < -0.39 is 21.4 Å². The molecule has 1 saturated carbocycles. The van der Waals surface area contributed by atoms with Crippen molar-refractivity contribution in [3.63, 3.8) is 0 Å². The highest BCUT2D eigenvalue weighted by atomic mass is 35.5. The molecular formula is C37H36ClN3O6S. The van der Waals surface area contributed by atoms with Crippen molar-refractivity contribution in [2.45, 2.75) is 51.0 Å². The van der Waals surface area contributed by atoms with E-state index in [-0.39, 0.29) is 28.3 Å². The van der Waals surface area contributed by atoms with Gasteiger partial charge in [-0.2, -0.15) is 0 Å². The Bertz CT molecular complexity index is 2090. The minimum absolute atomic E-state index is 0.143. The van der Waals surface area contributed by atoms with E-state index in [1.807, 2.05) is 35.3 Å². The molecule has 2 aliphatic rings. The first-order valence-electron chi connectivity index (χ1n) is 15.9. The second-order valence-electron chi connectivity index (χ2n) is 12.4. The van der Waals surface area contributed by atoms with E-state index in [1.165, 1.54) is 34.9 Å². The molecule has 0 spiro atoms. The molecule has 248 valence electrons. The van der Waals surface area contributed by atoms with Crippen LogP contribution in [0.25, 0.3) is 17.0 Å². The molecule has 1 saturated heterocycles. The minimum atomic E-state index is -3.54. The Hall–Kier alpha value is -4.67. The fourth-order valence-electron chi connectivity index (χ4n) is 6.41. The van der Waals surface area contributed by atoms with Crippen LogP contribution in [0.1, 0.15) is 71.7 Å². The summed E-state index contributed by atoms with van der Waals surface area (Å²) in [6, 6.07) is 21.1. The zero-order chi connectivity index (χ0) is 33.8. The number of hydrogen-bond donors (Lipinski definition) is 2. The van der Waals surface area contributed by atoms with E-state index in [0.717, 1.165) is 56.5 Å². The Morgan fingerprint density at radius 2 is 1.75 bits per heavy atom. The Morgan fingerprint density at radius 1 is 1.00 bits per heavy atom. The predicted octanol–water partition coefficient (Wildman–Crippen LogP) is 7.00. The van der Waals surface area contributed by atoms with Crippen molar-refractivity contribution in [1.29, 1.82) is 0 Å². The number of likely N-dealkylation sites (tertiary alicyclic amines) is 1. The third-order valence-corrected chi connectivity index (χ3v) is 9.58. The summed E-state index contributed by atoms with van der Waals surface area (Å²) in [6.07, 6.45) is 9.94. The molecule has 11 heteroatoms. The number of nitrogens with zero attached hydrogens (tertiary/aromatic N) is 1. The zero-order valence-corrected chi connectivity index (χ0v) is 28.1. The maximum absolute atomic E-state index is 13.5. The second-order valence-corrected chi connectivity index (χ2v) is 14.5. The highest BCUT2D eigenvalue weighted by molar-refractivity contribution is 7.92. The normalized spacial score (nSPS) is 17.1. The van der Waals surface area contributed by atoms with E-state index in [1.54, 1.807) is 12.1 Å². The van der Waals surface area contributed by atoms with Crippen molar-refractivity contribution in [1.82, 2.24) is 10.2 Å². The average molecular weight is 686 g/mol. The van der Waals surface area contributed by atoms with Gasteiger partial charge in [0.2, 0.25) is 15.9 Å². The summed E-state index contributed by atoms with van der Waals surface area (Å²) < 4.78 is 31.4. The van der Waals surface area contributed by atoms with Crippen LogP contribution in [0.3, 0.4) is 0 Å². The maximum Gasteiger partial charge on any atom is 0.291 e. The Kier molecular flexibility index (Phi) is 9.84. The van der Waals surface area contributed by atoms with Gasteiger partial charge < -0.3 is 14.6 Å². The van der Waals surface area contributed by atoms with Gasteiger partial charge in [0.15, 0.2) is 11.2 Å². The maximum atomic E-state index is 13.5. The molecule has 0 radical (unpaired) electrons. The van der Waals surface area contributed by atoms with Gasteiger partial charge in [0, 0.05) is 42.0 Å². The van der Waals surface area contributed by atoms with E-state index in [2.05, 4.69) is 28.2 Å². The number of amides is 2. The number of allylic oxidation sites excluding steroid dienone is 2. The molecule has 0 bridgehead atoms. The minimum Gasteiger partial charge on any atom is -0.451 e. The molecule has 0 unspecified atom stereocenters. The number of carbonyl (C=O) groups excluding carboxylic acids is 2. The van der Waals surface area contributed by atoms with Crippen molar-refractivity contribution in [2.24, 2.45) is 0 Å². The van der Waals surface area contributed by atoms with Gasteiger partial charge in [0.25, 0.3) is 5.91 Å². The number of rotatable bonds is 9. The lowest BCUT2D eigenvalue weighted by Crippen LogP contribution is -2.25. The van der Waals surface area contributed by atoms with E-state index in [0.29, 0.717) is 29.6 Å². The number of nitrogens with one attached hydrogen (secondary N) is 2. The van der Waals surface area contributed by atoms with Gasteiger partial charge in [-0.05, 0) is 97.2 Å². The fraction of sp³-hybridized carbons (Fsp3) is 0.270. The van der Waals surface area contributed by atoms with Gasteiger partial charge in [0.05, 0.1) is 11.6 Å². The molecular weight excluding hydrogens is 650 g/mol. The van der Waals surface area contributed by atoms with Crippen LogP contribution < -0.4 is 15.5 Å². The summed E-state index contributed by atoms with van der Waals surface area (Å²) >= 11 is 6.10. The number of anilines is 1. The predicted molar refractivity (Wildman–Crippen MR) is 188 cm³/mol. The quantitative estimate of drug-likeness (QED) is 0.196. The molecule has 1 aliphatic heterocycles. The van der Waals surface area contributed by atoms with Crippen LogP contribution in [0.4, 0.5) is 5.69 Å². The number of benzene rings is 3. The van der Waals surface area contributed by atoms with Crippen molar-refractivity contribution in [3.05, 3.63) is 128 Å². The van der Waals surface area contributed by atoms with Gasteiger partial charge in [-0.25, -0.2) is 8.42 Å². The Labute approximate surface area is 284 Å². The van der Waals surface area contributed by atoms with Crippen LogP contribution in [0.2, 0.25) is 5.02 Å². The number of sulfonamides is 1.